The molecule has 0 bridgehead atoms. The van der Waals surface area contributed by atoms with Crippen LogP contribution < -0.4 is 5.32 Å². The highest BCUT2D eigenvalue weighted by Gasteiger charge is 2.29. The molecular formula is C16H17ClN2S. The molecule has 1 unspecified atom stereocenters. The molecule has 4 heteroatoms. The molecule has 0 spiro atoms. The average molecular weight is 305 g/mol. The molecule has 1 fully saturated rings. The van der Waals surface area contributed by atoms with Gasteiger partial charge in [-0.15, -0.1) is 11.3 Å². The van der Waals surface area contributed by atoms with Gasteiger partial charge in [-0.3, -0.25) is 0 Å². The fraction of sp³-hybridized carbons (Fsp3) is 0.438. The summed E-state index contributed by atoms with van der Waals surface area (Å²) in [6, 6.07) is 9.03. The molecule has 20 heavy (non-hydrogen) atoms. The first-order valence-corrected chi connectivity index (χ1v) is 8.49. The summed E-state index contributed by atoms with van der Waals surface area (Å²) in [5, 5.41) is 5.74. The second-order valence-corrected chi connectivity index (χ2v) is 7.26. The quantitative estimate of drug-likeness (QED) is 0.919. The zero-order chi connectivity index (χ0) is 13.5. The van der Waals surface area contributed by atoms with Crippen LogP contribution in [0.15, 0.2) is 24.3 Å². The molecular weight excluding hydrogens is 288 g/mol. The Hall–Kier alpha value is -0.900. The van der Waals surface area contributed by atoms with Crippen LogP contribution in [0.25, 0.3) is 0 Å². The Labute approximate surface area is 128 Å². The van der Waals surface area contributed by atoms with Crippen LogP contribution in [0.1, 0.15) is 46.4 Å². The Morgan fingerprint density at radius 3 is 2.95 bits per heavy atom. The number of fused-ring (bicyclic) bond motifs is 1. The molecule has 2 aliphatic rings. The van der Waals surface area contributed by atoms with Gasteiger partial charge in [-0.05, 0) is 49.8 Å². The van der Waals surface area contributed by atoms with Gasteiger partial charge < -0.3 is 5.32 Å². The van der Waals surface area contributed by atoms with E-state index in [0.717, 1.165) is 11.4 Å². The Bertz CT molecular complexity index is 612. The summed E-state index contributed by atoms with van der Waals surface area (Å²) < 4.78 is 0. The van der Waals surface area contributed by atoms with Gasteiger partial charge in [0.2, 0.25) is 0 Å². The van der Waals surface area contributed by atoms with E-state index in [0.29, 0.717) is 6.04 Å². The lowest BCUT2D eigenvalue weighted by molar-refractivity contribution is 0.596. The van der Waals surface area contributed by atoms with Crippen LogP contribution >= 0.6 is 22.9 Å². The molecule has 0 saturated heterocycles. The normalized spacial score (nSPS) is 19.1. The lowest BCUT2D eigenvalue weighted by atomic mass is 10.1. The van der Waals surface area contributed by atoms with Crippen molar-refractivity contribution in [1.82, 2.24) is 10.3 Å². The van der Waals surface area contributed by atoms with Crippen molar-refractivity contribution >= 4 is 22.9 Å². The van der Waals surface area contributed by atoms with Crippen LogP contribution in [0.5, 0.6) is 0 Å². The lowest BCUT2D eigenvalue weighted by Crippen LogP contribution is -2.24. The van der Waals surface area contributed by atoms with Gasteiger partial charge in [0.1, 0.15) is 5.01 Å². The number of hydrogen-bond donors (Lipinski definition) is 1. The van der Waals surface area contributed by atoms with Crippen molar-refractivity contribution in [2.75, 3.05) is 0 Å². The highest BCUT2D eigenvalue weighted by molar-refractivity contribution is 7.11. The zero-order valence-corrected chi connectivity index (χ0v) is 12.8. The van der Waals surface area contributed by atoms with E-state index in [-0.39, 0.29) is 6.04 Å². The van der Waals surface area contributed by atoms with E-state index in [1.807, 2.05) is 23.5 Å². The van der Waals surface area contributed by atoms with E-state index < -0.39 is 0 Å². The summed E-state index contributed by atoms with van der Waals surface area (Å²) in [6.07, 6.45) is 6.19. The maximum atomic E-state index is 6.16. The molecule has 1 N–H and O–H groups in total. The van der Waals surface area contributed by atoms with E-state index in [4.69, 9.17) is 16.6 Å². The van der Waals surface area contributed by atoms with Crippen molar-refractivity contribution in [1.29, 1.82) is 0 Å². The molecule has 1 aromatic heterocycles. The van der Waals surface area contributed by atoms with Gasteiger partial charge in [0, 0.05) is 15.9 Å². The van der Waals surface area contributed by atoms with Crippen LogP contribution in [0, 0.1) is 0 Å². The fourth-order valence-electron chi connectivity index (χ4n) is 2.82. The van der Waals surface area contributed by atoms with E-state index in [9.17, 15) is 0 Å². The Balaban J connectivity index is 1.70. The highest BCUT2D eigenvalue weighted by atomic mass is 35.5. The SMILES string of the molecule is Clc1cccc(C(NC2CC2)c2nc3c(s2)CCC3)c1. The van der Waals surface area contributed by atoms with Gasteiger partial charge in [-0.1, -0.05) is 23.7 Å². The smallest absolute Gasteiger partial charge is 0.115 e. The average Bonchev–Trinajstić information content (AvgIpc) is 3.00. The van der Waals surface area contributed by atoms with E-state index in [1.54, 1.807) is 0 Å². The van der Waals surface area contributed by atoms with Crippen molar-refractivity contribution in [2.24, 2.45) is 0 Å². The minimum absolute atomic E-state index is 0.205. The molecule has 4 rings (SSSR count). The van der Waals surface area contributed by atoms with Gasteiger partial charge in [0.25, 0.3) is 0 Å². The summed E-state index contributed by atoms with van der Waals surface area (Å²) in [4.78, 5) is 6.38. The molecule has 2 aromatic rings. The Morgan fingerprint density at radius 2 is 2.20 bits per heavy atom. The molecule has 1 saturated carbocycles. The predicted molar refractivity (Wildman–Crippen MR) is 83.6 cm³/mol. The first kappa shape index (κ1) is 12.8. The topological polar surface area (TPSA) is 24.9 Å². The van der Waals surface area contributed by atoms with Gasteiger partial charge in [-0.2, -0.15) is 0 Å². The van der Waals surface area contributed by atoms with Gasteiger partial charge in [0.05, 0.1) is 11.7 Å². The molecule has 0 amide bonds. The summed E-state index contributed by atoms with van der Waals surface area (Å²) in [6.45, 7) is 0. The van der Waals surface area contributed by atoms with Crippen molar-refractivity contribution in [3.63, 3.8) is 0 Å². The fourth-order valence-corrected chi connectivity index (χ4v) is 4.26. The Morgan fingerprint density at radius 1 is 1.30 bits per heavy atom. The summed E-state index contributed by atoms with van der Waals surface area (Å²) in [5.41, 5.74) is 2.56. The van der Waals surface area contributed by atoms with E-state index in [2.05, 4.69) is 17.4 Å². The monoisotopic (exact) mass is 304 g/mol. The van der Waals surface area contributed by atoms with E-state index in [1.165, 1.54) is 46.8 Å². The van der Waals surface area contributed by atoms with Crippen LogP contribution in [0.4, 0.5) is 0 Å². The third-order valence-corrected chi connectivity index (χ3v) is 5.48. The summed E-state index contributed by atoms with van der Waals surface area (Å²) >= 11 is 8.04. The third-order valence-electron chi connectivity index (χ3n) is 4.02. The van der Waals surface area contributed by atoms with Crippen molar-refractivity contribution in [3.8, 4) is 0 Å². The summed E-state index contributed by atoms with van der Waals surface area (Å²) in [7, 11) is 0. The molecule has 104 valence electrons. The van der Waals surface area contributed by atoms with Crippen molar-refractivity contribution in [3.05, 3.63) is 50.4 Å². The van der Waals surface area contributed by atoms with E-state index >= 15 is 0 Å². The predicted octanol–water partition coefficient (Wildman–Crippen LogP) is 4.13. The minimum atomic E-state index is 0.205. The molecule has 2 aliphatic carbocycles. The van der Waals surface area contributed by atoms with Crippen molar-refractivity contribution in [2.45, 2.75) is 44.2 Å². The number of halogens is 1. The molecule has 0 aliphatic heterocycles. The van der Waals surface area contributed by atoms with Crippen LogP contribution in [0.3, 0.4) is 0 Å². The second kappa shape index (κ2) is 5.14. The van der Waals surface area contributed by atoms with Crippen LogP contribution in [0.2, 0.25) is 5.02 Å². The molecule has 0 radical (unpaired) electrons. The van der Waals surface area contributed by atoms with Gasteiger partial charge in [-0.25, -0.2) is 4.98 Å². The number of benzene rings is 1. The number of hydrogen-bond acceptors (Lipinski definition) is 3. The maximum Gasteiger partial charge on any atom is 0.115 e. The third kappa shape index (κ3) is 2.50. The zero-order valence-electron chi connectivity index (χ0n) is 11.2. The first-order chi connectivity index (χ1) is 9.79. The Kier molecular flexibility index (Phi) is 3.29. The minimum Gasteiger partial charge on any atom is -0.301 e. The van der Waals surface area contributed by atoms with Crippen LogP contribution in [-0.4, -0.2) is 11.0 Å². The van der Waals surface area contributed by atoms with Crippen molar-refractivity contribution < 1.29 is 0 Å². The summed E-state index contributed by atoms with van der Waals surface area (Å²) in [5.74, 6) is 0. The first-order valence-electron chi connectivity index (χ1n) is 7.29. The standard InChI is InChI=1S/C16H17ClN2S/c17-11-4-1-3-10(9-11)15(18-12-7-8-12)16-19-13-5-2-6-14(13)20-16/h1,3-4,9,12,15,18H,2,5-8H2. The molecule has 1 aromatic carbocycles. The number of rotatable bonds is 4. The second-order valence-electron chi connectivity index (χ2n) is 5.70. The molecule has 2 nitrogen and oxygen atoms in total. The lowest BCUT2D eigenvalue weighted by Gasteiger charge is -2.17. The number of aryl methyl sites for hydroxylation is 2. The molecule has 1 heterocycles. The van der Waals surface area contributed by atoms with Gasteiger partial charge >= 0.3 is 0 Å². The number of thiazole rings is 1. The maximum absolute atomic E-state index is 6.16. The number of nitrogens with one attached hydrogen (secondary N) is 1. The largest absolute Gasteiger partial charge is 0.301 e. The number of nitrogens with zero attached hydrogens (tertiary/aromatic N) is 1. The van der Waals surface area contributed by atoms with Crippen LogP contribution in [-0.2, 0) is 12.8 Å². The number of aromatic nitrogens is 1. The molecule has 1 atom stereocenters. The van der Waals surface area contributed by atoms with Gasteiger partial charge in [0.15, 0.2) is 0 Å². The highest BCUT2D eigenvalue weighted by Crippen LogP contribution is 2.35.